The van der Waals surface area contributed by atoms with Crippen LogP contribution in [0.5, 0.6) is 0 Å². The van der Waals surface area contributed by atoms with Gasteiger partial charge in [0.15, 0.2) is 5.96 Å². The van der Waals surface area contributed by atoms with Gasteiger partial charge in [0.1, 0.15) is 0 Å². The van der Waals surface area contributed by atoms with Gasteiger partial charge in [0.05, 0.1) is 11.4 Å². The van der Waals surface area contributed by atoms with Crippen LogP contribution in [0.4, 0.5) is 11.4 Å². The molecule has 0 bridgehead atoms. The lowest BCUT2D eigenvalue weighted by atomic mass is 10.00. The zero-order chi connectivity index (χ0) is 13.1. The molecular weight excluding hydrogens is 228 g/mol. The fraction of sp³-hybridized carbons (Fsp3) is 0.333. The summed E-state index contributed by atoms with van der Waals surface area (Å²) in [5, 5.41) is 3.36. The van der Waals surface area contributed by atoms with Crippen molar-refractivity contribution in [1.29, 1.82) is 0 Å². The van der Waals surface area contributed by atoms with Crippen LogP contribution in [0.3, 0.4) is 0 Å². The van der Waals surface area contributed by atoms with Gasteiger partial charge >= 0.3 is 0 Å². The number of rotatable bonds is 1. The van der Waals surface area contributed by atoms with Crippen molar-refractivity contribution in [3.63, 3.8) is 0 Å². The summed E-state index contributed by atoms with van der Waals surface area (Å²) in [7, 11) is 0. The topological polar surface area (TPSA) is 115 Å². The fourth-order valence-corrected chi connectivity index (χ4v) is 2.05. The Bertz CT molecular complexity index is 514. The minimum absolute atomic E-state index is 0.0684. The van der Waals surface area contributed by atoms with Gasteiger partial charge in [-0.3, -0.25) is 0 Å². The lowest BCUT2D eigenvalue weighted by Crippen LogP contribution is -2.26. The molecule has 1 aliphatic rings. The van der Waals surface area contributed by atoms with Crippen LogP contribution in [-0.4, -0.2) is 18.5 Å². The molecule has 0 unspecified atom stereocenters. The second-order valence-corrected chi connectivity index (χ2v) is 4.30. The number of aryl methyl sites for hydroxylation is 2. The number of guanidine groups is 2. The van der Waals surface area contributed by atoms with E-state index in [-0.39, 0.29) is 11.9 Å². The Balaban J connectivity index is 2.47. The van der Waals surface area contributed by atoms with Gasteiger partial charge in [0, 0.05) is 6.54 Å². The Labute approximate surface area is 106 Å². The van der Waals surface area contributed by atoms with E-state index in [2.05, 4.69) is 21.4 Å². The molecule has 1 aromatic carbocycles. The highest BCUT2D eigenvalue weighted by molar-refractivity contribution is 5.95. The normalized spacial score (nSPS) is 14.6. The van der Waals surface area contributed by atoms with Crippen molar-refractivity contribution in [3.8, 4) is 0 Å². The smallest absolute Gasteiger partial charge is 0.223 e. The summed E-state index contributed by atoms with van der Waals surface area (Å²) in [5.74, 6) is -0.0227. The number of fused-ring (bicyclic) bond motifs is 1. The first-order chi connectivity index (χ1) is 8.58. The van der Waals surface area contributed by atoms with E-state index in [0.29, 0.717) is 0 Å². The number of hydrogen-bond acceptors (Lipinski definition) is 2. The van der Waals surface area contributed by atoms with E-state index < -0.39 is 0 Å². The van der Waals surface area contributed by atoms with Gasteiger partial charge in [-0.05, 0) is 30.9 Å². The average molecular weight is 246 g/mol. The number of aliphatic imine (C=N–C) groups is 2. The first-order valence-corrected chi connectivity index (χ1v) is 5.88. The van der Waals surface area contributed by atoms with Crippen molar-refractivity contribution in [1.82, 2.24) is 0 Å². The van der Waals surface area contributed by atoms with Crippen LogP contribution in [0.15, 0.2) is 22.1 Å². The predicted octanol–water partition coefficient (Wildman–Crippen LogP) is 0.573. The molecule has 0 aromatic heterocycles. The van der Waals surface area contributed by atoms with E-state index in [1.54, 1.807) is 0 Å². The van der Waals surface area contributed by atoms with Gasteiger partial charge in [-0.25, -0.2) is 4.99 Å². The summed E-state index contributed by atoms with van der Waals surface area (Å²) >= 11 is 0. The maximum Gasteiger partial charge on any atom is 0.223 e. The molecule has 18 heavy (non-hydrogen) atoms. The average Bonchev–Trinajstić information content (AvgIpc) is 2.32. The first kappa shape index (κ1) is 12.2. The molecule has 1 heterocycles. The standard InChI is InChI=1S/C12H18N6/c1-7-4-5-8-3-2-6-16-10(8)9(7)17-12(15)18-11(13)14/h4-5,16H,2-3,6H2,1H3,(H6,13,14,15,17,18). The molecule has 0 radical (unpaired) electrons. The minimum Gasteiger partial charge on any atom is -0.383 e. The Hall–Kier alpha value is -2.24. The monoisotopic (exact) mass is 246 g/mol. The summed E-state index contributed by atoms with van der Waals surface area (Å²) in [4.78, 5) is 8.03. The van der Waals surface area contributed by atoms with E-state index in [0.717, 1.165) is 36.3 Å². The molecule has 1 aliphatic heterocycles. The summed E-state index contributed by atoms with van der Waals surface area (Å²) in [6.45, 7) is 2.93. The quantitative estimate of drug-likeness (QED) is 0.428. The molecule has 96 valence electrons. The van der Waals surface area contributed by atoms with Crippen molar-refractivity contribution >= 4 is 23.3 Å². The molecule has 0 amide bonds. The zero-order valence-electron chi connectivity index (χ0n) is 10.4. The molecule has 7 N–H and O–H groups in total. The van der Waals surface area contributed by atoms with Crippen molar-refractivity contribution in [2.75, 3.05) is 11.9 Å². The van der Waals surface area contributed by atoms with E-state index in [1.807, 2.05) is 13.0 Å². The van der Waals surface area contributed by atoms with Gasteiger partial charge in [-0.1, -0.05) is 12.1 Å². The SMILES string of the molecule is Cc1ccc2c(c1N=C(N)N=C(N)N)NCCC2. The van der Waals surface area contributed by atoms with Crippen LogP contribution in [0, 0.1) is 6.92 Å². The summed E-state index contributed by atoms with van der Waals surface area (Å²) in [6.07, 6.45) is 2.18. The molecule has 1 aromatic rings. The van der Waals surface area contributed by atoms with Crippen LogP contribution in [0.2, 0.25) is 0 Å². The van der Waals surface area contributed by atoms with Crippen molar-refractivity contribution in [2.45, 2.75) is 19.8 Å². The predicted molar refractivity (Wildman–Crippen MR) is 75.1 cm³/mol. The highest BCUT2D eigenvalue weighted by atomic mass is 15.1. The van der Waals surface area contributed by atoms with Crippen molar-refractivity contribution in [2.24, 2.45) is 27.2 Å². The molecule has 2 rings (SSSR count). The number of nitrogens with two attached hydrogens (primary N) is 3. The molecule has 6 nitrogen and oxygen atoms in total. The number of nitrogens with one attached hydrogen (secondary N) is 1. The molecule has 0 atom stereocenters. The Morgan fingerprint density at radius 1 is 1.28 bits per heavy atom. The van der Waals surface area contributed by atoms with Crippen molar-refractivity contribution in [3.05, 3.63) is 23.3 Å². The minimum atomic E-state index is -0.0911. The maximum absolute atomic E-state index is 5.68. The van der Waals surface area contributed by atoms with Gasteiger partial charge < -0.3 is 22.5 Å². The molecule has 0 fully saturated rings. The molecular formula is C12H18N6. The third kappa shape index (κ3) is 2.53. The second kappa shape index (κ2) is 4.95. The second-order valence-electron chi connectivity index (χ2n) is 4.30. The third-order valence-electron chi connectivity index (χ3n) is 2.86. The van der Waals surface area contributed by atoms with E-state index >= 15 is 0 Å². The van der Waals surface area contributed by atoms with E-state index in [4.69, 9.17) is 17.2 Å². The molecule has 0 saturated heterocycles. The number of hydrogen-bond donors (Lipinski definition) is 4. The number of nitrogens with zero attached hydrogens (tertiary/aromatic N) is 2. The third-order valence-corrected chi connectivity index (χ3v) is 2.86. The lowest BCUT2D eigenvalue weighted by molar-refractivity contribution is 0.829. The molecule has 0 saturated carbocycles. The largest absolute Gasteiger partial charge is 0.383 e. The van der Waals surface area contributed by atoms with Crippen molar-refractivity contribution < 1.29 is 0 Å². The zero-order valence-corrected chi connectivity index (χ0v) is 10.4. The Morgan fingerprint density at radius 2 is 2.06 bits per heavy atom. The van der Waals surface area contributed by atoms with Crippen LogP contribution in [-0.2, 0) is 6.42 Å². The van der Waals surface area contributed by atoms with Gasteiger partial charge in [0.2, 0.25) is 5.96 Å². The Kier molecular flexibility index (Phi) is 3.36. The van der Waals surface area contributed by atoms with Gasteiger partial charge in [-0.15, -0.1) is 0 Å². The van der Waals surface area contributed by atoms with Gasteiger partial charge in [-0.2, -0.15) is 4.99 Å². The number of anilines is 1. The lowest BCUT2D eigenvalue weighted by Gasteiger charge is -2.20. The van der Waals surface area contributed by atoms with Crippen LogP contribution >= 0.6 is 0 Å². The highest BCUT2D eigenvalue weighted by Gasteiger charge is 2.14. The molecule has 0 aliphatic carbocycles. The summed E-state index contributed by atoms with van der Waals surface area (Å²) in [6, 6.07) is 4.15. The molecule has 0 spiro atoms. The summed E-state index contributed by atoms with van der Waals surface area (Å²) in [5.41, 5.74) is 20.4. The highest BCUT2D eigenvalue weighted by Crippen LogP contribution is 2.35. The van der Waals surface area contributed by atoms with E-state index in [1.165, 1.54) is 5.56 Å². The van der Waals surface area contributed by atoms with Crippen LogP contribution < -0.4 is 22.5 Å². The van der Waals surface area contributed by atoms with E-state index in [9.17, 15) is 0 Å². The van der Waals surface area contributed by atoms with Gasteiger partial charge in [0.25, 0.3) is 0 Å². The first-order valence-electron chi connectivity index (χ1n) is 5.88. The Morgan fingerprint density at radius 3 is 2.78 bits per heavy atom. The van der Waals surface area contributed by atoms with Crippen LogP contribution in [0.1, 0.15) is 17.5 Å². The fourth-order valence-electron chi connectivity index (χ4n) is 2.05. The molecule has 6 heteroatoms. The maximum atomic E-state index is 5.68. The number of benzene rings is 1. The van der Waals surface area contributed by atoms with Crippen LogP contribution in [0.25, 0.3) is 0 Å². The summed E-state index contributed by atoms with van der Waals surface area (Å²) < 4.78 is 0.